The van der Waals surface area contributed by atoms with Crippen molar-refractivity contribution in [3.05, 3.63) is 34.9 Å². The maximum Gasteiger partial charge on any atom is 0.164 e. The summed E-state index contributed by atoms with van der Waals surface area (Å²) in [5.41, 5.74) is 0.759. The first-order chi connectivity index (χ1) is 9.56. The summed E-state index contributed by atoms with van der Waals surface area (Å²) in [6, 6.07) is 7.78. The van der Waals surface area contributed by atoms with E-state index in [1.54, 1.807) is 24.3 Å². The Morgan fingerprint density at radius 2 is 1.75 bits per heavy atom. The average Bonchev–Trinajstić information content (AvgIpc) is 2.46. The largest absolute Gasteiger partial charge is 0.300 e. The molecule has 20 heavy (non-hydrogen) atoms. The fourth-order valence-corrected chi connectivity index (χ4v) is 2.67. The fraction of sp³-hybridized carbons (Fsp3) is 0.562. The van der Waals surface area contributed by atoms with Gasteiger partial charge in [-0.3, -0.25) is 9.69 Å². The van der Waals surface area contributed by atoms with Crippen LogP contribution in [0.4, 0.5) is 0 Å². The van der Waals surface area contributed by atoms with Crippen LogP contribution in [0.15, 0.2) is 24.3 Å². The third-order valence-electron chi connectivity index (χ3n) is 3.96. The van der Waals surface area contributed by atoms with Gasteiger partial charge in [0.2, 0.25) is 0 Å². The van der Waals surface area contributed by atoms with Crippen LogP contribution < -0.4 is 0 Å². The summed E-state index contributed by atoms with van der Waals surface area (Å²) in [4.78, 5) is 17.0. The smallest absolute Gasteiger partial charge is 0.164 e. The van der Waals surface area contributed by atoms with Crippen molar-refractivity contribution in [2.45, 2.75) is 26.3 Å². The van der Waals surface area contributed by atoms with Crippen LogP contribution in [0.1, 0.15) is 30.6 Å². The Morgan fingerprint density at radius 3 is 2.30 bits per heavy atom. The number of piperazine rings is 1. The average molecular weight is 295 g/mol. The number of hydrogen-bond donors (Lipinski definition) is 0. The minimum atomic E-state index is 0.202. The van der Waals surface area contributed by atoms with Gasteiger partial charge in [0.15, 0.2) is 5.78 Å². The highest BCUT2D eigenvalue weighted by Gasteiger charge is 2.19. The number of Topliss-reactive ketones (excluding diaryl/α,β-unsaturated/α-hetero) is 1. The Bertz CT molecular complexity index is 436. The normalized spacial score (nSPS) is 17.6. The molecule has 0 radical (unpaired) electrons. The molecular weight excluding hydrogens is 272 g/mol. The molecule has 1 fully saturated rings. The van der Waals surface area contributed by atoms with E-state index in [2.05, 4.69) is 23.6 Å². The summed E-state index contributed by atoms with van der Waals surface area (Å²) in [6.45, 7) is 9.66. The van der Waals surface area contributed by atoms with Crippen LogP contribution in [0, 0.1) is 0 Å². The zero-order chi connectivity index (χ0) is 14.5. The topological polar surface area (TPSA) is 23.6 Å². The number of rotatable bonds is 5. The van der Waals surface area contributed by atoms with E-state index in [0.29, 0.717) is 17.5 Å². The lowest BCUT2D eigenvalue weighted by Gasteiger charge is -2.36. The third kappa shape index (κ3) is 4.30. The Balaban J connectivity index is 1.76. The SMILES string of the molecule is CC(C)N1CCN(CCC(=O)c2ccc(Cl)cc2)CC1. The second-order valence-electron chi connectivity index (χ2n) is 5.65. The Kier molecular flexibility index (Phi) is 5.58. The maximum atomic E-state index is 12.1. The van der Waals surface area contributed by atoms with Crippen molar-refractivity contribution in [1.29, 1.82) is 0 Å². The maximum absolute atomic E-state index is 12.1. The highest BCUT2D eigenvalue weighted by atomic mass is 35.5. The van der Waals surface area contributed by atoms with Crippen LogP contribution in [-0.4, -0.2) is 54.3 Å². The summed E-state index contributed by atoms with van der Waals surface area (Å²) in [5, 5.41) is 0.673. The molecule has 0 aromatic heterocycles. The Morgan fingerprint density at radius 1 is 1.15 bits per heavy atom. The standard InChI is InChI=1S/C16H23ClN2O/c1-13(2)19-11-9-18(10-12-19)8-7-16(20)14-3-5-15(17)6-4-14/h3-6,13H,7-12H2,1-2H3. The van der Waals surface area contributed by atoms with E-state index in [9.17, 15) is 4.79 Å². The Hall–Kier alpha value is -0.900. The van der Waals surface area contributed by atoms with Gasteiger partial charge in [-0.1, -0.05) is 11.6 Å². The molecule has 1 aliphatic heterocycles. The summed E-state index contributed by atoms with van der Waals surface area (Å²) >= 11 is 5.83. The first-order valence-electron chi connectivity index (χ1n) is 7.31. The molecule has 1 aromatic rings. The molecule has 0 atom stereocenters. The van der Waals surface area contributed by atoms with Gasteiger partial charge in [0.1, 0.15) is 0 Å². The van der Waals surface area contributed by atoms with Gasteiger partial charge in [-0.15, -0.1) is 0 Å². The predicted octanol–water partition coefficient (Wildman–Crippen LogP) is 2.94. The van der Waals surface area contributed by atoms with Crippen LogP contribution in [-0.2, 0) is 0 Å². The van der Waals surface area contributed by atoms with Crippen molar-refractivity contribution in [2.24, 2.45) is 0 Å². The number of carbonyl (C=O) groups excluding carboxylic acids is 1. The van der Waals surface area contributed by atoms with E-state index >= 15 is 0 Å². The van der Waals surface area contributed by atoms with E-state index in [1.807, 2.05) is 0 Å². The molecule has 0 saturated carbocycles. The zero-order valence-electron chi connectivity index (χ0n) is 12.3. The van der Waals surface area contributed by atoms with Gasteiger partial charge in [-0.25, -0.2) is 0 Å². The monoisotopic (exact) mass is 294 g/mol. The van der Waals surface area contributed by atoms with Crippen molar-refractivity contribution in [3.8, 4) is 0 Å². The zero-order valence-corrected chi connectivity index (χ0v) is 13.1. The van der Waals surface area contributed by atoms with Gasteiger partial charge in [0.05, 0.1) is 0 Å². The summed E-state index contributed by atoms with van der Waals surface area (Å²) in [6.07, 6.45) is 0.587. The summed E-state index contributed by atoms with van der Waals surface area (Å²) in [7, 11) is 0. The molecule has 3 nitrogen and oxygen atoms in total. The number of nitrogens with zero attached hydrogens (tertiary/aromatic N) is 2. The molecule has 0 aliphatic carbocycles. The highest BCUT2D eigenvalue weighted by Crippen LogP contribution is 2.12. The van der Waals surface area contributed by atoms with E-state index in [4.69, 9.17) is 11.6 Å². The Labute approximate surface area is 126 Å². The van der Waals surface area contributed by atoms with E-state index in [0.717, 1.165) is 38.3 Å². The molecule has 1 aliphatic rings. The lowest BCUT2D eigenvalue weighted by atomic mass is 10.1. The highest BCUT2D eigenvalue weighted by molar-refractivity contribution is 6.30. The summed E-state index contributed by atoms with van der Waals surface area (Å²) < 4.78 is 0. The molecule has 0 N–H and O–H groups in total. The van der Waals surface area contributed by atoms with Gasteiger partial charge in [-0.05, 0) is 38.1 Å². The van der Waals surface area contributed by atoms with Gasteiger partial charge >= 0.3 is 0 Å². The van der Waals surface area contributed by atoms with Crippen molar-refractivity contribution in [1.82, 2.24) is 9.80 Å². The van der Waals surface area contributed by atoms with Crippen LogP contribution in [0.3, 0.4) is 0 Å². The number of hydrogen-bond acceptors (Lipinski definition) is 3. The van der Waals surface area contributed by atoms with Crippen molar-refractivity contribution in [3.63, 3.8) is 0 Å². The predicted molar refractivity (Wildman–Crippen MR) is 83.5 cm³/mol. The molecule has 4 heteroatoms. The van der Waals surface area contributed by atoms with Gasteiger partial charge in [0.25, 0.3) is 0 Å². The lowest BCUT2D eigenvalue weighted by molar-refractivity contribution is 0.0890. The van der Waals surface area contributed by atoms with Crippen LogP contribution in [0.2, 0.25) is 5.02 Å². The van der Waals surface area contributed by atoms with Gasteiger partial charge in [-0.2, -0.15) is 0 Å². The second-order valence-corrected chi connectivity index (χ2v) is 6.09. The molecular formula is C16H23ClN2O. The van der Waals surface area contributed by atoms with Crippen LogP contribution >= 0.6 is 11.6 Å². The first-order valence-corrected chi connectivity index (χ1v) is 7.69. The fourth-order valence-electron chi connectivity index (χ4n) is 2.54. The number of halogens is 1. The molecule has 0 amide bonds. The second kappa shape index (κ2) is 7.21. The first kappa shape index (κ1) is 15.5. The number of benzene rings is 1. The van der Waals surface area contributed by atoms with Gasteiger partial charge in [0, 0.05) is 55.8 Å². The molecule has 1 saturated heterocycles. The number of carbonyl (C=O) groups is 1. The van der Waals surface area contributed by atoms with E-state index in [1.165, 1.54) is 0 Å². The van der Waals surface area contributed by atoms with Crippen LogP contribution in [0.25, 0.3) is 0 Å². The van der Waals surface area contributed by atoms with E-state index < -0.39 is 0 Å². The quantitative estimate of drug-likeness (QED) is 0.780. The van der Waals surface area contributed by atoms with Crippen molar-refractivity contribution in [2.75, 3.05) is 32.7 Å². The van der Waals surface area contributed by atoms with E-state index in [-0.39, 0.29) is 5.78 Å². The number of ketones is 1. The van der Waals surface area contributed by atoms with Gasteiger partial charge < -0.3 is 4.90 Å². The third-order valence-corrected chi connectivity index (χ3v) is 4.21. The molecule has 1 heterocycles. The molecule has 1 aromatic carbocycles. The molecule has 110 valence electrons. The minimum absolute atomic E-state index is 0.202. The lowest BCUT2D eigenvalue weighted by Crippen LogP contribution is -2.49. The molecule has 2 rings (SSSR count). The molecule has 0 bridgehead atoms. The molecule has 0 unspecified atom stereocenters. The summed E-state index contributed by atoms with van der Waals surface area (Å²) in [5.74, 6) is 0.202. The van der Waals surface area contributed by atoms with Crippen LogP contribution in [0.5, 0.6) is 0 Å². The minimum Gasteiger partial charge on any atom is -0.300 e. The molecule has 0 spiro atoms. The van der Waals surface area contributed by atoms with Crippen molar-refractivity contribution < 1.29 is 4.79 Å². The van der Waals surface area contributed by atoms with Crippen molar-refractivity contribution >= 4 is 17.4 Å².